The Morgan fingerprint density at radius 1 is 1.13 bits per heavy atom. The topological polar surface area (TPSA) is 61.8 Å². The molecule has 4 nitrogen and oxygen atoms in total. The minimum Gasteiger partial charge on any atom is -0.390 e. The van der Waals surface area contributed by atoms with Gasteiger partial charge in [0.1, 0.15) is 6.07 Å². The van der Waals surface area contributed by atoms with Crippen molar-refractivity contribution in [1.29, 1.82) is 5.26 Å². The maximum Gasteiger partial charge on any atom is 0.102 e. The van der Waals surface area contributed by atoms with Crippen molar-refractivity contribution in [3.63, 3.8) is 0 Å². The fourth-order valence-electron chi connectivity index (χ4n) is 8.99. The van der Waals surface area contributed by atoms with Gasteiger partial charge in [0, 0.05) is 12.7 Å². The van der Waals surface area contributed by atoms with Crippen LogP contribution in [-0.4, -0.2) is 20.5 Å². The molecule has 164 valence electrons. The highest BCUT2D eigenvalue weighted by atomic mass is 16.3. The average Bonchev–Trinajstić information content (AvgIpc) is 3.35. The van der Waals surface area contributed by atoms with Gasteiger partial charge in [-0.3, -0.25) is 4.68 Å². The molecule has 0 aromatic carbocycles. The molecule has 4 heteroatoms. The Labute approximate surface area is 182 Å². The third-order valence-electron chi connectivity index (χ3n) is 10.3. The van der Waals surface area contributed by atoms with Crippen molar-refractivity contribution in [2.75, 3.05) is 0 Å². The summed E-state index contributed by atoms with van der Waals surface area (Å²) in [5.41, 5.74) is 0.805. The van der Waals surface area contributed by atoms with Crippen LogP contribution in [0.5, 0.6) is 0 Å². The number of nitrogens with zero attached hydrogens (tertiary/aromatic N) is 3. The summed E-state index contributed by atoms with van der Waals surface area (Å²) < 4.78 is 1.99. The zero-order chi connectivity index (χ0) is 20.9. The van der Waals surface area contributed by atoms with E-state index in [9.17, 15) is 5.11 Å². The van der Waals surface area contributed by atoms with Crippen LogP contribution in [0.15, 0.2) is 12.4 Å². The number of aromatic nitrogens is 2. The molecule has 4 fully saturated rings. The van der Waals surface area contributed by atoms with E-state index in [1.165, 1.54) is 57.8 Å². The second-order valence-electron chi connectivity index (χ2n) is 11.5. The predicted octanol–water partition coefficient (Wildman–Crippen LogP) is 5.55. The molecule has 0 saturated heterocycles. The van der Waals surface area contributed by atoms with E-state index in [2.05, 4.69) is 25.0 Å². The van der Waals surface area contributed by atoms with Gasteiger partial charge < -0.3 is 5.11 Å². The van der Waals surface area contributed by atoms with E-state index >= 15 is 0 Å². The van der Waals surface area contributed by atoms with Gasteiger partial charge in [-0.05, 0) is 118 Å². The van der Waals surface area contributed by atoms with Gasteiger partial charge in [-0.1, -0.05) is 6.92 Å². The van der Waals surface area contributed by atoms with Crippen molar-refractivity contribution < 1.29 is 5.11 Å². The first-order chi connectivity index (χ1) is 14.5. The fourth-order valence-corrected chi connectivity index (χ4v) is 8.99. The molecule has 4 aliphatic rings. The zero-order valence-electron chi connectivity index (χ0n) is 18.9. The first-order valence-electron chi connectivity index (χ1n) is 12.6. The first-order valence-corrected chi connectivity index (χ1v) is 12.6. The highest BCUT2D eigenvalue weighted by Crippen LogP contribution is 2.66. The van der Waals surface area contributed by atoms with Crippen LogP contribution in [0, 0.1) is 52.3 Å². The van der Waals surface area contributed by atoms with Crippen molar-refractivity contribution in [1.82, 2.24) is 9.78 Å². The van der Waals surface area contributed by atoms with E-state index < -0.39 is 5.60 Å². The lowest BCUT2D eigenvalue weighted by molar-refractivity contribution is -0.105. The monoisotopic (exact) mass is 409 g/mol. The summed E-state index contributed by atoms with van der Waals surface area (Å²) >= 11 is 0. The van der Waals surface area contributed by atoms with Gasteiger partial charge in [0.25, 0.3) is 0 Å². The van der Waals surface area contributed by atoms with Gasteiger partial charge in [0.15, 0.2) is 0 Å². The highest BCUT2D eigenvalue weighted by Gasteiger charge is 2.58. The molecule has 0 unspecified atom stereocenters. The Bertz CT molecular complexity index is 807. The van der Waals surface area contributed by atoms with Crippen LogP contribution in [0.25, 0.3) is 0 Å². The lowest BCUT2D eigenvalue weighted by Crippen LogP contribution is -2.51. The van der Waals surface area contributed by atoms with Crippen LogP contribution in [-0.2, 0) is 6.54 Å². The molecule has 1 N–H and O–H groups in total. The third kappa shape index (κ3) is 3.32. The Balaban J connectivity index is 1.29. The van der Waals surface area contributed by atoms with E-state index in [1.807, 2.05) is 10.9 Å². The molecular weight excluding hydrogens is 370 g/mol. The minimum atomic E-state index is -0.411. The lowest BCUT2D eigenvalue weighted by atomic mass is 9.48. The molecule has 30 heavy (non-hydrogen) atoms. The summed E-state index contributed by atoms with van der Waals surface area (Å²) in [6, 6.07) is 2.20. The molecule has 0 spiro atoms. The van der Waals surface area contributed by atoms with Crippen molar-refractivity contribution >= 4 is 0 Å². The Morgan fingerprint density at radius 3 is 2.73 bits per heavy atom. The van der Waals surface area contributed by atoms with E-state index in [1.54, 1.807) is 6.20 Å². The van der Waals surface area contributed by atoms with Crippen molar-refractivity contribution in [2.24, 2.45) is 40.9 Å². The van der Waals surface area contributed by atoms with Crippen LogP contribution in [0.2, 0.25) is 0 Å². The molecule has 0 aliphatic heterocycles. The average molecular weight is 410 g/mol. The molecule has 0 radical (unpaired) electrons. The molecule has 5 rings (SSSR count). The standard InChI is InChI=1S/C26H39N3O/c1-3-26-12-9-22-21-8-11-25(2,30)14-19(21)4-6-23(22)24(26)7-5-20(26)10-13-29-17-18(15-27)16-28-29/h16-17,19-24,30H,3-14H2,1-2H3/t19-,20-,21+,22-,23-,24+,25-,26-/m1/s1. The molecule has 4 aliphatic carbocycles. The number of hydrogen-bond donors (Lipinski definition) is 1. The number of aliphatic hydroxyl groups is 1. The van der Waals surface area contributed by atoms with Gasteiger partial charge in [-0.2, -0.15) is 10.4 Å². The molecule has 1 aromatic rings. The predicted molar refractivity (Wildman–Crippen MR) is 117 cm³/mol. The van der Waals surface area contributed by atoms with E-state index in [0.29, 0.717) is 11.0 Å². The second-order valence-corrected chi connectivity index (χ2v) is 11.5. The second kappa shape index (κ2) is 7.66. The first kappa shape index (κ1) is 20.6. The third-order valence-corrected chi connectivity index (χ3v) is 10.3. The van der Waals surface area contributed by atoms with Gasteiger partial charge >= 0.3 is 0 Å². The minimum absolute atomic E-state index is 0.411. The van der Waals surface area contributed by atoms with E-state index in [-0.39, 0.29) is 0 Å². The van der Waals surface area contributed by atoms with Crippen LogP contribution in [0.4, 0.5) is 0 Å². The summed E-state index contributed by atoms with van der Waals surface area (Å²) in [6.07, 6.45) is 17.9. The van der Waals surface area contributed by atoms with Crippen molar-refractivity contribution in [3.05, 3.63) is 18.0 Å². The molecule has 1 aromatic heterocycles. The summed E-state index contributed by atoms with van der Waals surface area (Å²) in [7, 11) is 0. The normalized spacial score (nSPS) is 45.3. The number of fused-ring (bicyclic) bond motifs is 5. The maximum absolute atomic E-state index is 10.6. The quantitative estimate of drug-likeness (QED) is 0.708. The maximum atomic E-state index is 10.6. The van der Waals surface area contributed by atoms with Crippen molar-refractivity contribution in [2.45, 2.75) is 96.6 Å². The van der Waals surface area contributed by atoms with Crippen LogP contribution in [0.1, 0.15) is 90.0 Å². The molecular formula is C26H39N3O. The lowest BCUT2D eigenvalue weighted by Gasteiger charge is -2.57. The van der Waals surface area contributed by atoms with Crippen LogP contribution < -0.4 is 0 Å². The molecule has 8 atom stereocenters. The van der Waals surface area contributed by atoms with E-state index in [4.69, 9.17) is 5.26 Å². The summed E-state index contributed by atoms with van der Waals surface area (Å²) in [5, 5.41) is 24.1. The molecule has 0 bridgehead atoms. The number of rotatable bonds is 4. The van der Waals surface area contributed by atoms with Crippen LogP contribution >= 0.6 is 0 Å². The van der Waals surface area contributed by atoms with E-state index in [0.717, 1.165) is 54.9 Å². The van der Waals surface area contributed by atoms with Gasteiger partial charge in [-0.15, -0.1) is 0 Å². The summed E-state index contributed by atoms with van der Waals surface area (Å²) in [4.78, 5) is 0. The van der Waals surface area contributed by atoms with Gasteiger partial charge in [0.2, 0.25) is 0 Å². The SMILES string of the molecule is CC[C@]12CC[C@H]3[C@@H](CC[C@@H]4C[C@](C)(O)CC[C@@H]43)[C@@H]1CC[C@@H]2CCn1cc(C#N)cn1. The Morgan fingerprint density at radius 2 is 1.97 bits per heavy atom. The molecule has 0 amide bonds. The Kier molecular flexibility index (Phi) is 5.25. The largest absolute Gasteiger partial charge is 0.390 e. The number of hydrogen-bond acceptors (Lipinski definition) is 3. The summed E-state index contributed by atoms with van der Waals surface area (Å²) in [6.45, 7) is 5.48. The van der Waals surface area contributed by atoms with Crippen molar-refractivity contribution in [3.8, 4) is 6.07 Å². The zero-order valence-corrected chi connectivity index (χ0v) is 18.9. The van der Waals surface area contributed by atoms with Gasteiger partial charge in [-0.25, -0.2) is 0 Å². The van der Waals surface area contributed by atoms with Gasteiger partial charge in [0.05, 0.1) is 17.4 Å². The summed E-state index contributed by atoms with van der Waals surface area (Å²) in [5.74, 6) is 5.24. The highest BCUT2D eigenvalue weighted by molar-refractivity contribution is 5.21. The molecule has 1 heterocycles. The Hall–Kier alpha value is -1.34. The molecule has 4 saturated carbocycles. The van der Waals surface area contributed by atoms with Crippen LogP contribution in [0.3, 0.4) is 0 Å². The number of aryl methyl sites for hydroxylation is 1. The smallest absolute Gasteiger partial charge is 0.102 e. The fraction of sp³-hybridized carbons (Fsp3) is 0.846. The number of nitriles is 1.